The van der Waals surface area contributed by atoms with Crippen LogP contribution in [0.2, 0.25) is 0 Å². The van der Waals surface area contributed by atoms with E-state index in [-0.39, 0.29) is 0 Å². The monoisotopic (exact) mass is 427 g/mol. The predicted octanol–water partition coefficient (Wildman–Crippen LogP) is 5.21. The highest BCUT2D eigenvalue weighted by Gasteiger charge is 2.36. The number of rotatable bonds is 4. The van der Waals surface area contributed by atoms with E-state index in [0.717, 1.165) is 42.6 Å². The third-order valence-corrected chi connectivity index (χ3v) is 3.94. The van der Waals surface area contributed by atoms with Crippen LogP contribution in [-0.2, 0) is 17.1 Å². The van der Waals surface area contributed by atoms with E-state index in [9.17, 15) is 31.1 Å². The number of carboxylic acids is 1. The zero-order chi connectivity index (χ0) is 22.1. The van der Waals surface area contributed by atoms with Crippen LogP contribution in [-0.4, -0.2) is 25.8 Å². The van der Waals surface area contributed by atoms with Gasteiger partial charge in [0, 0.05) is 23.4 Å². The van der Waals surface area contributed by atoms with Crippen molar-refractivity contribution in [2.45, 2.75) is 12.4 Å². The second-order valence-corrected chi connectivity index (χ2v) is 5.94. The molecule has 156 valence electrons. The molecule has 3 aromatic rings. The molecule has 0 saturated heterocycles. The van der Waals surface area contributed by atoms with Crippen LogP contribution < -0.4 is 0 Å². The molecule has 1 N–H and O–H groups in total. The quantitative estimate of drug-likeness (QED) is 0.459. The van der Waals surface area contributed by atoms with Crippen LogP contribution in [0.25, 0.3) is 29.0 Å². The molecule has 1 heterocycles. The summed E-state index contributed by atoms with van der Waals surface area (Å²) in [4.78, 5) is 14.7. The Hall–Kier alpha value is -3.63. The molecule has 0 saturated carbocycles. The van der Waals surface area contributed by atoms with Crippen molar-refractivity contribution in [1.82, 2.24) is 14.8 Å². The summed E-state index contributed by atoms with van der Waals surface area (Å²) in [6, 6.07) is 8.56. The Bertz CT molecular complexity index is 1120. The van der Waals surface area contributed by atoms with Crippen molar-refractivity contribution < 1.29 is 36.2 Å². The number of aliphatic carboxylic acids is 1. The van der Waals surface area contributed by atoms with Gasteiger partial charge in [-0.3, -0.25) is 0 Å². The SMILES string of the molecule is O=C(O)/C=C\n1nc(-c2ccccc2C(F)(F)F)nc1-c1ccccc1C(F)(F)F. The zero-order valence-electron chi connectivity index (χ0n) is 14.7. The summed E-state index contributed by atoms with van der Waals surface area (Å²) in [5.74, 6) is -2.41. The van der Waals surface area contributed by atoms with E-state index in [4.69, 9.17) is 5.11 Å². The van der Waals surface area contributed by atoms with Crippen LogP contribution in [0.4, 0.5) is 26.3 Å². The van der Waals surface area contributed by atoms with E-state index in [1.165, 1.54) is 12.1 Å². The normalized spacial score (nSPS) is 12.5. The minimum atomic E-state index is -4.78. The minimum Gasteiger partial charge on any atom is -0.478 e. The first-order chi connectivity index (χ1) is 14.0. The molecule has 3 rings (SSSR count). The molecule has 0 aliphatic rings. The molecule has 0 amide bonds. The van der Waals surface area contributed by atoms with Crippen LogP contribution >= 0.6 is 0 Å². The number of benzene rings is 2. The lowest BCUT2D eigenvalue weighted by atomic mass is 10.1. The lowest BCUT2D eigenvalue weighted by Crippen LogP contribution is -2.08. The summed E-state index contributed by atoms with van der Waals surface area (Å²) >= 11 is 0. The van der Waals surface area contributed by atoms with Crippen molar-refractivity contribution in [2.75, 3.05) is 0 Å². The molecule has 11 heteroatoms. The highest BCUT2D eigenvalue weighted by Crippen LogP contribution is 2.39. The molecule has 0 atom stereocenters. The highest BCUT2D eigenvalue weighted by atomic mass is 19.4. The van der Waals surface area contributed by atoms with Crippen molar-refractivity contribution in [3.05, 3.63) is 65.7 Å². The Labute approximate surface area is 164 Å². The molecule has 0 bridgehead atoms. The summed E-state index contributed by atoms with van der Waals surface area (Å²) in [6.07, 6.45) is -8.16. The lowest BCUT2D eigenvalue weighted by molar-refractivity contribution is -0.137. The number of halogens is 6. The van der Waals surface area contributed by atoms with Gasteiger partial charge >= 0.3 is 18.3 Å². The summed E-state index contributed by atoms with van der Waals surface area (Å²) in [5.41, 5.74) is -3.11. The van der Waals surface area contributed by atoms with Gasteiger partial charge in [-0.1, -0.05) is 36.4 Å². The maximum absolute atomic E-state index is 13.4. The number of hydrogen-bond acceptors (Lipinski definition) is 3. The number of alkyl halides is 6. The number of carbonyl (C=O) groups is 1. The van der Waals surface area contributed by atoms with E-state index in [1.807, 2.05) is 0 Å². The Morgan fingerprint density at radius 1 is 0.867 bits per heavy atom. The third kappa shape index (κ3) is 4.34. The van der Waals surface area contributed by atoms with Gasteiger partial charge in [0.2, 0.25) is 0 Å². The van der Waals surface area contributed by atoms with Crippen LogP contribution in [0, 0.1) is 0 Å². The molecule has 5 nitrogen and oxygen atoms in total. The van der Waals surface area contributed by atoms with E-state index in [1.54, 1.807) is 0 Å². The van der Waals surface area contributed by atoms with Crippen LogP contribution in [0.3, 0.4) is 0 Å². The van der Waals surface area contributed by atoms with E-state index >= 15 is 0 Å². The van der Waals surface area contributed by atoms with Gasteiger partial charge < -0.3 is 5.11 Å². The van der Waals surface area contributed by atoms with Gasteiger partial charge in [-0.25, -0.2) is 14.5 Å². The van der Waals surface area contributed by atoms with Crippen LogP contribution in [0.5, 0.6) is 0 Å². The summed E-state index contributed by atoms with van der Waals surface area (Å²) in [6.45, 7) is 0. The maximum atomic E-state index is 13.4. The molecule has 0 unspecified atom stereocenters. The smallest absolute Gasteiger partial charge is 0.417 e. The molecule has 30 heavy (non-hydrogen) atoms. The first-order valence-electron chi connectivity index (χ1n) is 8.19. The Kier molecular flexibility index (Phi) is 5.38. The van der Waals surface area contributed by atoms with Crippen molar-refractivity contribution in [2.24, 2.45) is 0 Å². The second kappa shape index (κ2) is 7.65. The molecule has 2 aromatic carbocycles. The van der Waals surface area contributed by atoms with Crippen molar-refractivity contribution >= 4 is 12.2 Å². The van der Waals surface area contributed by atoms with E-state index in [0.29, 0.717) is 10.8 Å². The average Bonchev–Trinajstić information content (AvgIpc) is 3.09. The summed E-state index contributed by atoms with van der Waals surface area (Å²) in [7, 11) is 0. The second-order valence-electron chi connectivity index (χ2n) is 5.94. The van der Waals surface area contributed by atoms with Crippen molar-refractivity contribution in [3.63, 3.8) is 0 Å². The summed E-state index contributed by atoms with van der Waals surface area (Å²) < 4.78 is 80.9. The molecule has 0 fully saturated rings. The Morgan fingerprint density at radius 3 is 1.90 bits per heavy atom. The maximum Gasteiger partial charge on any atom is 0.417 e. The fourth-order valence-electron chi connectivity index (χ4n) is 2.71. The summed E-state index contributed by atoms with van der Waals surface area (Å²) in [5, 5.41) is 12.6. The predicted molar refractivity (Wildman–Crippen MR) is 93.9 cm³/mol. The Morgan fingerprint density at radius 2 is 1.37 bits per heavy atom. The van der Waals surface area contributed by atoms with Gasteiger partial charge in [-0.05, 0) is 12.1 Å². The average molecular weight is 427 g/mol. The Balaban J connectivity index is 2.27. The lowest BCUT2D eigenvalue weighted by Gasteiger charge is -2.11. The molecule has 0 aliphatic heterocycles. The van der Waals surface area contributed by atoms with Gasteiger partial charge in [-0.2, -0.15) is 26.3 Å². The van der Waals surface area contributed by atoms with Crippen molar-refractivity contribution in [3.8, 4) is 22.8 Å². The standard InChI is InChI=1S/C19H11F6N3O2/c20-18(21,22)13-7-3-1-5-11(13)16-26-17(28(27-16)10-9-15(29)30)12-6-2-4-8-14(12)19(23,24)25/h1-10H,(H,29,30)/b10-9-. The first kappa shape index (κ1) is 21.1. The number of nitrogens with zero attached hydrogens (tertiary/aromatic N) is 3. The fraction of sp³-hybridized carbons (Fsp3) is 0.105. The first-order valence-corrected chi connectivity index (χ1v) is 8.19. The van der Waals surface area contributed by atoms with Crippen LogP contribution in [0.1, 0.15) is 11.1 Å². The van der Waals surface area contributed by atoms with E-state index in [2.05, 4.69) is 10.1 Å². The highest BCUT2D eigenvalue weighted by molar-refractivity contribution is 5.83. The van der Waals surface area contributed by atoms with Crippen molar-refractivity contribution in [1.29, 1.82) is 0 Å². The van der Waals surface area contributed by atoms with Gasteiger partial charge in [0.15, 0.2) is 11.6 Å². The largest absolute Gasteiger partial charge is 0.478 e. The van der Waals surface area contributed by atoms with Crippen LogP contribution in [0.15, 0.2) is 54.6 Å². The molecular formula is C19H11F6N3O2. The van der Waals surface area contributed by atoms with E-state index < -0.39 is 52.2 Å². The van der Waals surface area contributed by atoms with Gasteiger partial charge in [-0.15, -0.1) is 5.10 Å². The third-order valence-electron chi connectivity index (χ3n) is 3.94. The molecule has 0 radical (unpaired) electrons. The molecule has 0 aliphatic carbocycles. The van der Waals surface area contributed by atoms with Gasteiger partial charge in [0.1, 0.15) is 0 Å². The van der Waals surface area contributed by atoms with Gasteiger partial charge in [0.05, 0.1) is 11.1 Å². The number of carboxylic acid groups (broad SMARTS) is 1. The number of aromatic nitrogens is 3. The molecule has 1 aromatic heterocycles. The molecular weight excluding hydrogens is 416 g/mol. The topological polar surface area (TPSA) is 68.0 Å². The number of hydrogen-bond donors (Lipinski definition) is 1. The molecule has 0 spiro atoms. The minimum absolute atomic E-state index is 0.460. The fourth-order valence-corrected chi connectivity index (χ4v) is 2.71. The zero-order valence-corrected chi connectivity index (χ0v) is 14.7. The van der Waals surface area contributed by atoms with Gasteiger partial charge in [0.25, 0.3) is 0 Å².